The van der Waals surface area contributed by atoms with Gasteiger partial charge in [-0.1, -0.05) is 0 Å². The van der Waals surface area contributed by atoms with Crippen LogP contribution in [-0.4, -0.2) is 17.1 Å². The number of nitrogens with one attached hydrogen (secondary N) is 1. The van der Waals surface area contributed by atoms with Crippen molar-refractivity contribution >= 4 is 15.4 Å². The minimum absolute atomic E-state index is 0.697. The molecule has 3 N–H and O–H groups in total. The first-order chi connectivity index (χ1) is 5.34. The first-order valence-corrected chi connectivity index (χ1v) is 5.71. The van der Waals surface area contributed by atoms with E-state index in [1.54, 1.807) is 11.3 Å². The van der Waals surface area contributed by atoms with Crippen LogP contribution in [0.15, 0.2) is 17.5 Å². The van der Waals surface area contributed by atoms with E-state index >= 15 is 0 Å². The molecule has 0 fully saturated rings. The third-order valence-corrected chi connectivity index (χ3v) is 3.88. The van der Waals surface area contributed by atoms with Crippen molar-refractivity contribution in [1.82, 2.24) is 5.32 Å². The molecule has 0 aliphatic heterocycles. The maximum absolute atomic E-state index is 5.37. The van der Waals surface area contributed by atoms with Crippen molar-refractivity contribution < 1.29 is 19.4 Å². The second-order valence-electron chi connectivity index (χ2n) is 2.02. The summed E-state index contributed by atoms with van der Waals surface area (Å²) in [6.45, 7) is 1.57. The van der Waals surface area contributed by atoms with E-state index in [0.717, 1.165) is 6.54 Å². The number of thiophene rings is 1. The first-order valence-electron chi connectivity index (χ1n) is 3.36. The van der Waals surface area contributed by atoms with E-state index in [4.69, 9.17) is 5.73 Å². The van der Waals surface area contributed by atoms with Crippen molar-refractivity contribution in [2.75, 3.05) is 13.1 Å². The Bertz CT molecular complexity index is 220. The van der Waals surface area contributed by atoms with Gasteiger partial charge in [0.25, 0.3) is 0 Å². The molecule has 0 amide bonds. The Morgan fingerprint density at radius 2 is 2.55 bits per heavy atom. The van der Waals surface area contributed by atoms with Crippen molar-refractivity contribution in [1.29, 1.82) is 0 Å². The van der Waals surface area contributed by atoms with Crippen LogP contribution in [0.25, 0.3) is 0 Å². The quantitative estimate of drug-likeness (QED) is 0.830. The van der Waals surface area contributed by atoms with Crippen LogP contribution in [-0.2, 0) is 19.4 Å². The van der Waals surface area contributed by atoms with Gasteiger partial charge in [0.15, 0.2) is 0 Å². The van der Waals surface area contributed by atoms with Crippen LogP contribution in [0.4, 0.5) is 0 Å². The molecule has 0 spiro atoms. The molecule has 0 saturated carbocycles. The second kappa shape index (κ2) is 4.94. The Labute approximate surface area is 81.2 Å². The summed E-state index contributed by atoms with van der Waals surface area (Å²) in [7, 11) is 0. The summed E-state index contributed by atoms with van der Waals surface area (Å²) in [5, 5.41) is 5.36. The van der Waals surface area contributed by atoms with E-state index in [2.05, 4.69) is 22.8 Å². The zero-order chi connectivity index (χ0) is 8.10. The van der Waals surface area contributed by atoms with Gasteiger partial charge >= 0.3 is 81.2 Å². The van der Waals surface area contributed by atoms with Gasteiger partial charge in [-0.25, -0.2) is 0 Å². The Morgan fingerprint density at radius 1 is 1.73 bits per heavy atom. The van der Waals surface area contributed by atoms with E-state index in [1.165, 1.54) is 28.3 Å². The molecule has 1 heterocycles. The van der Waals surface area contributed by atoms with Crippen molar-refractivity contribution in [2.45, 2.75) is 0 Å². The van der Waals surface area contributed by atoms with Crippen molar-refractivity contribution in [3.8, 4) is 0 Å². The number of hydrogen-bond donors (Lipinski definition) is 2. The molecule has 4 heteroatoms. The SMILES string of the molecule is NCCN[C](=[W])c1cccs1. The molecule has 0 radical (unpaired) electrons. The molecular weight excluding hydrogens is 328 g/mol. The minimum atomic E-state index is 0.697. The van der Waals surface area contributed by atoms with Crippen LogP contribution in [0.3, 0.4) is 0 Å². The number of rotatable bonds is 4. The molecule has 0 aromatic carbocycles. The molecule has 2 nitrogen and oxygen atoms in total. The van der Waals surface area contributed by atoms with Gasteiger partial charge in [0.05, 0.1) is 0 Å². The average Bonchev–Trinajstić information content (AvgIpc) is 2.52. The number of hydrogen-bond acceptors (Lipinski definition) is 3. The molecule has 11 heavy (non-hydrogen) atoms. The van der Waals surface area contributed by atoms with Gasteiger partial charge in [0.2, 0.25) is 0 Å². The van der Waals surface area contributed by atoms with E-state index in [-0.39, 0.29) is 0 Å². The molecule has 0 aliphatic carbocycles. The maximum atomic E-state index is 5.37. The van der Waals surface area contributed by atoms with Gasteiger partial charge in [-0.3, -0.25) is 0 Å². The standard InChI is InChI=1S/C7H10N2S.W/c8-3-4-9-6-7-2-1-5-10-7;/h1-2,5,9H,3-4,8H2;. The predicted octanol–water partition coefficient (Wildman–Crippen LogP) is 0.321. The predicted molar refractivity (Wildman–Crippen MR) is 45.5 cm³/mol. The molecule has 1 aromatic heterocycles. The van der Waals surface area contributed by atoms with Gasteiger partial charge in [0.1, 0.15) is 0 Å². The first kappa shape index (κ1) is 9.27. The summed E-state index contributed by atoms with van der Waals surface area (Å²) in [6, 6.07) is 4.18. The fourth-order valence-electron chi connectivity index (χ4n) is 0.681. The zero-order valence-corrected chi connectivity index (χ0v) is 9.79. The molecule has 0 atom stereocenters. The number of nitrogens with two attached hydrogens (primary N) is 1. The van der Waals surface area contributed by atoms with Crippen molar-refractivity contribution in [3.05, 3.63) is 22.4 Å². The Balaban J connectivity index is 2.43. The van der Waals surface area contributed by atoms with E-state index in [0.29, 0.717) is 6.54 Å². The third-order valence-electron chi connectivity index (χ3n) is 1.17. The molecule has 0 aliphatic rings. The molecule has 60 valence electrons. The Hall–Kier alpha value is 0.178. The van der Waals surface area contributed by atoms with Gasteiger partial charge in [-0.15, -0.1) is 0 Å². The fourth-order valence-corrected chi connectivity index (χ4v) is 2.45. The summed E-state index contributed by atoms with van der Waals surface area (Å²) < 4.78 is 1.30. The van der Waals surface area contributed by atoms with Crippen LogP contribution in [0.1, 0.15) is 4.88 Å². The van der Waals surface area contributed by atoms with Crippen LogP contribution in [0, 0.1) is 0 Å². The van der Waals surface area contributed by atoms with Gasteiger partial charge in [-0.05, 0) is 0 Å². The summed E-state index contributed by atoms with van der Waals surface area (Å²) in [4.78, 5) is 1.33. The van der Waals surface area contributed by atoms with Gasteiger partial charge in [-0.2, -0.15) is 0 Å². The van der Waals surface area contributed by atoms with Crippen molar-refractivity contribution in [2.24, 2.45) is 5.73 Å². The summed E-state index contributed by atoms with van der Waals surface area (Å²) in [5.41, 5.74) is 5.37. The molecule has 0 saturated heterocycles. The fraction of sp³-hybridized carbons (Fsp3) is 0.286. The van der Waals surface area contributed by atoms with E-state index in [1.807, 2.05) is 0 Å². The summed E-state index contributed by atoms with van der Waals surface area (Å²) >= 11 is 3.23. The van der Waals surface area contributed by atoms with Crippen LogP contribution < -0.4 is 11.1 Å². The van der Waals surface area contributed by atoms with E-state index in [9.17, 15) is 0 Å². The molecular formula is C7H10N2SW. The molecule has 0 unspecified atom stereocenters. The van der Waals surface area contributed by atoms with E-state index < -0.39 is 0 Å². The third kappa shape index (κ3) is 2.95. The normalized spacial score (nSPS) is 9.91. The summed E-state index contributed by atoms with van der Waals surface area (Å²) in [5.74, 6) is 0. The van der Waals surface area contributed by atoms with Gasteiger partial charge < -0.3 is 0 Å². The van der Waals surface area contributed by atoms with Crippen LogP contribution >= 0.6 is 11.3 Å². The monoisotopic (exact) mass is 338 g/mol. The van der Waals surface area contributed by atoms with Crippen LogP contribution in [0.2, 0.25) is 0 Å². The van der Waals surface area contributed by atoms with Crippen LogP contribution in [0.5, 0.6) is 0 Å². The molecule has 1 rings (SSSR count). The Kier molecular flexibility index (Phi) is 4.16. The van der Waals surface area contributed by atoms with Crippen molar-refractivity contribution in [3.63, 3.8) is 0 Å². The zero-order valence-electron chi connectivity index (χ0n) is 6.04. The average molecular weight is 338 g/mol. The summed E-state index contributed by atoms with van der Waals surface area (Å²) in [6.07, 6.45) is 0. The topological polar surface area (TPSA) is 38.0 Å². The molecule has 0 bridgehead atoms. The molecule has 1 aromatic rings. The second-order valence-corrected chi connectivity index (χ2v) is 4.44. The van der Waals surface area contributed by atoms with Gasteiger partial charge in [0, 0.05) is 0 Å². The Morgan fingerprint density at radius 3 is 3.09 bits per heavy atom.